The molecule has 0 heterocycles. The molecule has 4 N–H and O–H groups in total. The van der Waals surface area contributed by atoms with Crippen molar-refractivity contribution in [1.29, 1.82) is 0 Å². The van der Waals surface area contributed by atoms with Crippen molar-refractivity contribution >= 4 is 17.5 Å². The number of carbonyl (C=O) groups excluding carboxylic acids is 2. The van der Waals surface area contributed by atoms with E-state index >= 15 is 0 Å². The van der Waals surface area contributed by atoms with Crippen LogP contribution in [0.25, 0.3) is 0 Å². The van der Waals surface area contributed by atoms with Crippen LogP contribution >= 0.6 is 0 Å². The number of carbonyl (C=O) groups is 2. The average molecular weight is 277 g/mol. The minimum absolute atomic E-state index is 0.0907. The molecule has 0 saturated heterocycles. The van der Waals surface area contributed by atoms with Gasteiger partial charge in [-0.05, 0) is 30.5 Å². The number of benzene rings is 1. The Morgan fingerprint density at radius 1 is 1.20 bits per heavy atom. The van der Waals surface area contributed by atoms with Gasteiger partial charge in [0.15, 0.2) is 0 Å². The first-order valence-electron chi connectivity index (χ1n) is 6.74. The molecule has 110 valence electrons. The van der Waals surface area contributed by atoms with E-state index in [2.05, 4.69) is 10.6 Å². The summed E-state index contributed by atoms with van der Waals surface area (Å²) >= 11 is 0. The number of rotatable bonds is 5. The number of nitrogens with two attached hydrogens (primary N) is 1. The van der Waals surface area contributed by atoms with E-state index in [1.165, 1.54) is 6.92 Å². The molecule has 2 unspecified atom stereocenters. The van der Waals surface area contributed by atoms with Crippen molar-refractivity contribution in [1.82, 2.24) is 5.32 Å². The van der Waals surface area contributed by atoms with Crippen LogP contribution < -0.4 is 16.4 Å². The second-order valence-corrected chi connectivity index (χ2v) is 5.31. The number of nitrogens with one attached hydrogen (secondary N) is 2. The molecular weight excluding hydrogens is 254 g/mol. The summed E-state index contributed by atoms with van der Waals surface area (Å²) < 4.78 is 0. The number of hydrogen-bond acceptors (Lipinski definition) is 3. The molecule has 0 bridgehead atoms. The highest BCUT2D eigenvalue weighted by atomic mass is 16.2. The molecule has 0 aliphatic heterocycles. The molecule has 1 aromatic rings. The predicted octanol–water partition coefficient (Wildman–Crippen LogP) is 1.81. The summed E-state index contributed by atoms with van der Waals surface area (Å²) in [5.41, 5.74) is 7.44. The topological polar surface area (TPSA) is 84.2 Å². The molecule has 5 heteroatoms. The van der Waals surface area contributed by atoms with Crippen molar-refractivity contribution < 1.29 is 9.59 Å². The third-order valence-corrected chi connectivity index (χ3v) is 3.09. The van der Waals surface area contributed by atoms with Crippen LogP contribution in [0.15, 0.2) is 24.3 Å². The molecular formula is C15H23N3O2. The van der Waals surface area contributed by atoms with Crippen LogP contribution in [0.5, 0.6) is 0 Å². The Hall–Kier alpha value is -1.88. The van der Waals surface area contributed by atoms with Gasteiger partial charge in [0.2, 0.25) is 11.8 Å². The van der Waals surface area contributed by atoms with Crippen molar-refractivity contribution in [2.24, 2.45) is 11.7 Å². The fourth-order valence-corrected chi connectivity index (χ4v) is 1.78. The zero-order valence-electron chi connectivity index (χ0n) is 12.4. The van der Waals surface area contributed by atoms with Gasteiger partial charge in [0, 0.05) is 12.6 Å². The summed E-state index contributed by atoms with van der Waals surface area (Å²) in [6, 6.07) is 6.70. The maximum Gasteiger partial charge on any atom is 0.237 e. The van der Waals surface area contributed by atoms with Gasteiger partial charge in [-0.1, -0.05) is 26.0 Å². The van der Waals surface area contributed by atoms with E-state index in [-0.39, 0.29) is 23.8 Å². The van der Waals surface area contributed by atoms with Crippen molar-refractivity contribution in [3.05, 3.63) is 29.8 Å². The lowest BCUT2D eigenvalue weighted by atomic mass is 10.0. The molecule has 0 aliphatic carbocycles. The van der Waals surface area contributed by atoms with E-state index in [0.717, 1.165) is 5.56 Å². The summed E-state index contributed by atoms with van der Waals surface area (Å²) in [6.45, 7) is 7.16. The minimum Gasteiger partial charge on any atom is -0.348 e. The Bertz CT molecular complexity index is 486. The Morgan fingerprint density at radius 3 is 2.40 bits per heavy atom. The van der Waals surface area contributed by atoms with Crippen molar-refractivity contribution in [2.75, 3.05) is 5.32 Å². The number of amides is 2. The molecule has 0 aliphatic rings. The van der Waals surface area contributed by atoms with Crippen LogP contribution in [0.3, 0.4) is 0 Å². The highest BCUT2D eigenvalue weighted by molar-refractivity contribution is 5.88. The van der Waals surface area contributed by atoms with E-state index in [0.29, 0.717) is 5.69 Å². The highest BCUT2D eigenvalue weighted by Crippen LogP contribution is 2.17. The normalized spacial score (nSPS) is 13.7. The standard InChI is InChI=1S/C15H23N3O2/c1-9(2)14(16)15(20)17-10(3)12-6-5-7-13(8-12)18-11(4)19/h5-10,14H,16H2,1-4H3,(H,17,20)(H,18,19). The molecule has 0 fully saturated rings. The first-order valence-corrected chi connectivity index (χ1v) is 6.74. The van der Waals surface area contributed by atoms with Gasteiger partial charge in [-0.3, -0.25) is 9.59 Å². The molecule has 1 rings (SSSR count). The summed E-state index contributed by atoms with van der Waals surface area (Å²) in [4.78, 5) is 23.0. The van der Waals surface area contributed by atoms with Crippen LogP contribution in [0.1, 0.15) is 39.3 Å². The lowest BCUT2D eigenvalue weighted by Gasteiger charge is -2.20. The second-order valence-electron chi connectivity index (χ2n) is 5.31. The van der Waals surface area contributed by atoms with Crippen molar-refractivity contribution in [2.45, 2.75) is 39.8 Å². The SMILES string of the molecule is CC(=O)Nc1cccc(C(C)NC(=O)C(N)C(C)C)c1. The Kier molecular flexibility index (Phi) is 5.70. The molecule has 1 aromatic carbocycles. The smallest absolute Gasteiger partial charge is 0.237 e. The molecule has 5 nitrogen and oxygen atoms in total. The van der Waals surface area contributed by atoms with E-state index < -0.39 is 6.04 Å². The largest absolute Gasteiger partial charge is 0.348 e. The Balaban J connectivity index is 2.74. The van der Waals surface area contributed by atoms with Crippen LogP contribution in [0.2, 0.25) is 0 Å². The third kappa shape index (κ3) is 4.66. The van der Waals surface area contributed by atoms with Gasteiger partial charge >= 0.3 is 0 Å². The van der Waals surface area contributed by atoms with Gasteiger partial charge < -0.3 is 16.4 Å². The molecule has 0 spiro atoms. The summed E-state index contributed by atoms with van der Waals surface area (Å²) in [5, 5.41) is 5.60. The average Bonchev–Trinajstić information content (AvgIpc) is 2.37. The quantitative estimate of drug-likeness (QED) is 0.767. The van der Waals surface area contributed by atoms with Crippen LogP contribution in [-0.2, 0) is 9.59 Å². The molecule has 0 radical (unpaired) electrons. The molecule has 2 amide bonds. The Morgan fingerprint density at radius 2 is 1.85 bits per heavy atom. The predicted molar refractivity (Wildman–Crippen MR) is 80.1 cm³/mol. The maximum absolute atomic E-state index is 11.9. The fourth-order valence-electron chi connectivity index (χ4n) is 1.78. The zero-order chi connectivity index (χ0) is 15.3. The van der Waals surface area contributed by atoms with E-state index in [4.69, 9.17) is 5.73 Å². The molecule has 20 heavy (non-hydrogen) atoms. The van der Waals surface area contributed by atoms with Crippen molar-refractivity contribution in [3.8, 4) is 0 Å². The van der Waals surface area contributed by atoms with Crippen molar-refractivity contribution in [3.63, 3.8) is 0 Å². The Labute approximate surface area is 119 Å². The lowest BCUT2D eigenvalue weighted by Crippen LogP contribution is -2.44. The molecule has 2 atom stereocenters. The highest BCUT2D eigenvalue weighted by Gasteiger charge is 2.19. The van der Waals surface area contributed by atoms with Gasteiger partial charge in [0.25, 0.3) is 0 Å². The van der Waals surface area contributed by atoms with Crippen LogP contribution in [0.4, 0.5) is 5.69 Å². The number of hydrogen-bond donors (Lipinski definition) is 3. The monoisotopic (exact) mass is 277 g/mol. The maximum atomic E-state index is 11.9. The fraction of sp³-hybridized carbons (Fsp3) is 0.467. The van der Waals surface area contributed by atoms with Gasteiger partial charge in [0.05, 0.1) is 12.1 Å². The summed E-state index contributed by atoms with van der Waals surface area (Å²) in [6.07, 6.45) is 0. The van der Waals surface area contributed by atoms with Gasteiger partial charge in [0.1, 0.15) is 0 Å². The number of anilines is 1. The van der Waals surface area contributed by atoms with Crippen LogP contribution in [-0.4, -0.2) is 17.9 Å². The van der Waals surface area contributed by atoms with Crippen LogP contribution in [0, 0.1) is 5.92 Å². The summed E-state index contributed by atoms with van der Waals surface area (Å²) in [7, 11) is 0. The zero-order valence-corrected chi connectivity index (χ0v) is 12.4. The minimum atomic E-state index is -0.518. The van der Waals surface area contributed by atoms with E-state index in [9.17, 15) is 9.59 Å². The van der Waals surface area contributed by atoms with Gasteiger partial charge in [-0.25, -0.2) is 0 Å². The lowest BCUT2D eigenvalue weighted by molar-refractivity contribution is -0.123. The van der Waals surface area contributed by atoms with Gasteiger partial charge in [-0.2, -0.15) is 0 Å². The van der Waals surface area contributed by atoms with Gasteiger partial charge in [-0.15, -0.1) is 0 Å². The van der Waals surface area contributed by atoms with E-state index in [1.54, 1.807) is 6.07 Å². The third-order valence-electron chi connectivity index (χ3n) is 3.09. The summed E-state index contributed by atoms with van der Waals surface area (Å²) in [5.74, 6) is -0.203. The molecule has 0 saturated carbocycles. The molecule has 0 aromatic heterocycles. The first-order chi connectivity index (χ1) is 9.31. The van der Waals surface area contributed by atoms with E-state index in [1.807, 2.05) is 39.0 Å². The second kappa shape index (κ2) is 7.05. The first kappa shape index (κ1) is 16.2.